The Kier molecular flexibility index (Phi) is 6.80. The molecule has 1 unspecified atom stereocenters. The molecule has 1 amide bonds. The fraction of sp³-hybridized carbons (Fsp3) is 0.261. The summed E-state index contributed by atoms with van der Waals surface area (Å²) in [6, 6.07) is 15.0. The second kappa shape index (κ2) is 9.73. The number of anilines is 1. The van der Waals surface area contributed by atoms with Gasteiger partial charge in [0.1, 0.15) is 11.6 Å². The number of furan rings is 1. The predicted molar refractivity (Wildman–Crippen MR) is 120 cm³/mol. The lowest BCUT2D eigenvalue weighted by Gasteiger charge is -2.39. The summed E-state index contributed by atoms with van der Waals surface area (Å²) in [6.45, 7) is 3.55. The SMILES string of the molecule is O=C(NCC(c1ccco1)N1CCN(c2ccc(F)cc2)CC1)c1ccc(Cl)c(Cl)c1. The first kappa shape index (κ1) is 21.7. The number of halogens is 3. The third-order valence-corrected chi connectivity index (χ3v) is 6.20. The molecule has 8 heteroatoms. The summed E-state index contributed by atoms with van der Waals surface area (Å²) in [5.41, 5.74) is 1.46. The highest BCUT2D eigenvalue weighted by Crippen LogP contribution is 2.25. The smallest absolute Gasteiger partial charge is 0.251 e. The van der Waals surface area contributed by atoms with Crippen LogP contribution in [0.15, 0.2) is 65.3 Å². The molecule has 1 aromatic heterocycles. The van der Waals surface area contributed by atoms with Gasteiger partial charge in [0.25, 0.3) is 5.91 Å². The molecular weight excluding hydrogens is 440 g/mol. The minimum absolute atomic E-state index is 0.0999. The van der Waals surface area contributed by atoms with Crippen LogP contribution >= 0.6 is 23.2 Å². The second-order valence-electron chi connectivity index (χ2n) is 7.37. The zero-order valence-electron chi connectivity index (χ0n) is 16.7. The van der Waals surface area contributed by atoms with Crippen LogP contribution < -0.4 is 10.2 Å². The molecule has 1 aliphatic heterocycles. The predicted octanol–water partition coefficient (Wildman–Crippen LogP) is 5.02. The minimum atomic E-state index is -0.238. The molecule has 5 nitrogen and oxygen atoms in total. The van der Waals surface area contributed by atoms with Crippen molar-refractivity contribution >= 4 is 34.8 Å². The van der Waals surface area contributed by atoms with E-state index in [1.54, 1.807) is 36.6 Å². The lowest BCUT2D eigenvalue weighted by Crippen LogP contribution is -2.49. The second-order valence-corrected chi connectivity index (χ2v) is 8.18. The van der Waals surface area contributed by atoms with Gasteiger partial charge in [0.15, 0.2) is 0 Å². The van der Waals surface area contributed by atoms with E-state index in [0.717, 1.165) is 37.6 Å². The zero-order chi connectivity index (χ0) is 21.8. The summed E-state index contributed by atoms with van der Waals surface area (Å²) in [6.07, 6.45) is 1.64. The van der Waals surface area contributed by atoms with E-state index in [1.807, 2.05) is 12.1 Å². The number of carbonyl (C=O) groups is 1. The fourth-order valence-electron chi connectivity index (χ4n) is 3.76. The number of rotatable bonds is 6. The molecule has 4 rings (SSSR count). The van der Waals surface area contributed by atoms with Crippen LogP contribution in [0.4, 0.5) is 10.1 Å². The highest BCUT2D eigenvalue weighted by molar-refractivity contribution is 6.42. The van der Waals surface area contributed by atoms with Crippen LogP contribution in [0.1, 0.15) is 22.2 Å². The van der Waals surface area contributed by atoms with Crippen LogP contribution in [0.3, 0.4) is 0 Å². The van der Waals surface area contributed by atoms with Gasteiger partial charge < -0.3 is 14.6 Å². The molecule has 2 heterocycles. The maximum Gasteiger partial charge on any atom is 0.251 e. The van der Waals surface area contributed by atoms with Crippen molar-refractivity contribution in [3.8, 4) is 0 Å². The average molecular weight is 462 g/mol. The Balaban J connectivity index is 1.41. The normalized spacial score (nSPS) is 15.6. The van der Waals surface area contributed by atoms with Gasteiger partial charge in [-0.2, -0.15) is 0 Å². The van der Waals surface area contributed by atoms with E-state index in [1.165, 1.54) is 12.1 Å². The number of piperazine rings is 1. The molecular formula is C23H22Cl2FN3O2. The number of hydrogen-bond donors (Lipinski definition) is 1. The Morgan fingerprint density at radius 2 is 1.77 bits per heavy atom. The maximum atomic E-state index is 13.2. The first-order valence-electron chi connectivity index (χ1n) is 10.0. The van der Waals surface area contributed by atoms with Gasteiger partial charge >= 0.3 is 0 Å². The van der Waals surface area contributed by atoms with Crippen LogP contribution in [-0.2, 0) is 0 Å². The molecule has 1 aliphatic rings. The van der Waals surface area contributed by atoms with E-state index < -0.39 is 0 Å². The van der Waals surface area contributed by atoms with E-state index in [0.29, 0.717) is 22.2 Å². The molecule has 0 spiro atoms. The van der Waals surface area contributed by atoms with Crippen molar-refractivity contribution in [3.05, 3.63) is 88.0 Å². The summed E-state index contributed by atoms with van der Waals surface area (Å²) in [5, 5.41) is 3.73. The Morgan fingerprint density at radius 3 is 2.42 bits per heavy atom. The summed E-state index contributed by atoms with van der Waals surface area (Å²) < 4.78 is 18.9. The Hall–Kier alpha value is -2.54. The maximum absolute atomic E-state index is 13.2. The first-order valence-corrected chi connectivity index (χ1v) is 10.8. The molecule has 162 valence electrons. The van der Waals surface area contributed by atoms with Crippen molar-refractivity contribution in [3.63, 3.8) is 0 Å². The molecule has 1 fully saturated rings. The van der Waals surface area contributed by atoms with Gasteiger partial charge in [-0.15, -0.1) is 0 Å². The van der Waals surface area contributed by atoms with Gasteiger partial charge in [0.2, 0.25) is 0 Å². The number of nitrogens with zero attached hydrogens (tertiary/aromatic N) is 2. The fourth-order valence-corrected chi connectivity index (χ4v) is 4.06. The van der Waals surface area contributed by atoms with E-state index in [9.17, 15) is 9.18 Å². The van der Waals surface area contributed by atoms with Crippen LogP contribution in [0.25, 0.3) is 0 Å². The van der Waals surface area contributed by atoms with Gasteiger partial charge in [0, 0.05) is 44.0 Å². The highest BCUT2D eigenvalue weighted by Gasteiger charge is 2.27. The first-order chi connectivity index (χ1) is 15.0. The van der Waals surface area contributed by atoms with Crippen LogP contribution in [0.5, 0.6) is 0 Å². The molecule has 0 aliphatic carbocycles. The number of carbonyl (C=O) groups excluding carboxylic acids is 1. The van der Waals surface area contributed by atoms with Crippen molar-refractivity contribution in [1.82, 2.24) is 10.2 Å². The van der Waals surface area contributed by atoms with E-state index >= 15 is 0 Å². The molecule has 0 bridgehead atoms. The van der Waals surface area contributed by atoms with E-state index in [-0.39, 0.29) is 17.8 Å². The average Bonchev–Trinajstić information content (AvgIpc) is 3.31. The third-order valence-electron chi connectivity index (χ3n) is 5.46. The molecule has 2 aromatic carbocycles. The Bertz CT molecular complexity index is 1020. The number of hydrogen-bond acceptors (Lipinski definition) is 4. The zero-order valence-corrected chi connectivity index (χ0v) is 18.2. The lowest BCUT2D eigenvalue weighted by molar-refractivity contribution is 0.0923. The molecule has 31 heavy (non-hydrogen) atoms. The monoisotopic (exact) mass is 461 g/mol. The van der Waals surface area contributed by atoms with Gasteiger partial charge in [-0.1, -0.05) is 23.2 Å². The molecule has 1 atom stereocenters. The van der Waals surface area contributed by atoms with E-state index in [4.69, 9.17) is 27.6 Å². The van der Waals surface area contributed by atoms with Crippen molar-refractivity contribution in [2.75, 3.05) is 37.6 Å². The largest absolute Gasteiger partial charge is 0.468 e. The lowest BCUT2D eigenvalue weighted by atomic mass is 10.1. The van der Waals surface area contributed by atoms with Gasteiger partial charge in [-0.05, 0) is 54.6 Å². The number of amides is 1. The Morgan fingerprint density at radius 1 is 1.03 bits per heavy atom. The number of nitrogens with one attached hydrogen (secondary N) is 1. The molecule has 0 radical (unpaired) electrons. The quantitative estimate of drug-likeness (QED) is 0.559. The topological polar surface area (TPSA) is 48.7 Å². The van der Waals surface area contributed by atoms with Crippen molar-refractivity contribution in [2.24, 2.45) is 0 Å². The summed E-state index contributed by atoms with van der Waals surface area (Å²) >= 11 is 12.0. The summed E-state index contributed by atoms with van der Waals surface area (Å²) in [7, 11) is 0. The summed E-state index contributed by atoms with van der Waals surface area (Å²) in [5.74, 6) is 0.336. The Labute approximate surface area is 190 Å². The molecule has 3 aromatic rings. The van der Waals surface area contributed by atoms with Crippen molar-refractivity contribution in [1.29, 1.82) is 0 Å². The third kappa shape index (κ3) is 5.21. The summed E-state index contributed by atoms with van der Waals surface area (Å²) in [4.78, 5) is 17.1. The molecule has 1 saturated heterocycles. The van der Waals surface area contributed by atoms with Crippen LogP contribution in [0, 0.1) is 5.82 Å². The minimum Gasteiger partial charge on any atom is -0.468 e. The van der Waals surface area contributed by atoms with Crippen molar-refractivity contribution < 1.29 is 13.6 Å². The van der Waals surface area contributed by atoms with Gasteiger partial charge in [-0.3, -0.25) is 9.69 Å². The number of benzene rings is 2. The standard InChI is InChI=1S/C23H22Cl2FN3O2/c24-19-8-3-16(14-20(19)25)23(30)27-15-21(22-2-1-13-31-22)29-11-9-28(10-12-29)18-6-4-17(26)5-7-18/h1-8,13-14,21H,9-12,15H2,(H,27,30). The van der Waals surface area contributed by atoms with E-state index in [2.05, 4.69) is 15.1 Å². The highest BCUT2D eigenvalue weighted by atomic mass is 35.5. The molecule has 1 N–H and O–H groups in total. The van der Waals surface area contributed by atoms with Gasteiger partial charge in [0.05, 0.1) is 22.4 Å². The van der Waals surface area contributed by atoms with Crippen LogP contribution in [-0.4, -0.2) is 43.5 Å². The van der Waals surface area contributed by atoms with Gasteiger partial charge in [-0.25, -0.2) is 4.39 Å². The van der Waals surface area contributed by atoms with Crippen molar-refractivity contribution in [2.45, 2.75) is 6.04 Å². The van der Waals surface area contributed by atoms with Crippen LogP contribution in [0.2, 0.25) is 10.0 Å². The molecule has 0 saturated carbocycles.